The third-order valence-corrected chi connectivity index (χ3v) is 3.80. The summed E-state index contributed by atoms with van der Waals surface area (Å²) < 4.78 is 1.73. The number of rotatable bonds is 3. The maximum absolute atomic E-state index is 4.53. The van der Waals surface area contributed by atoms with Crippen LogP contribution in [-0.2, 0) is 0 Å². The zero-order valence-electron chi connectivity index (χ0n) is 13.6. The molecule has 0 N–H and O–H groups in total. The van der Waals surface area contributed by atoms with E-state index < -0.39 is 0 Å². The van der Waals surface area contributed by atoms with Gasteiger partial charge in [-0.3, -0.25) is 0 Å². The summed E-state index contributed by atoms with van der Waals surface area (Å²) >= 11 is 0. The summed E-state index contributed by atoms with van der Waals surface area (Å²) in [6, 6.07) is 9.86. The van der Waals surface area contributed by atoms with Crippen molar-refractivity contribution in [1.82, 2.24) is 19.9 Å². The molecule has 23 heavy (non-hydrogen) atoms. The van der Waals surface area contributed by atoms with Crippen LogP contribution in [0, 0.1) is 0 Å². The molecule has 2 aromatic rings. The normalized spacial score (nSPS) is 19.6. The van der Waals surface area contributed by atoms with Crippen LogP contribution in [0.1, 0.15) is 26.5 Å². The highest BCUT2D eigenvalue weighted by atomic mass is 15.5. The third kappa shape index (κ3) is 2.92. The molecule has 6 nitrogen and oxygen atoms in total. The Kier molecular flexibility index (Phi) is 4.32. The predicted octanol–water partition coefficient (Wildman–Crippen LogP) is 3.08. The van der Waals surface area contributed by atoms with Crippen LogP contribution in [0.4, 0.5) is 5.82 Å². The van der Waals surface area contributed by atoms with Gasteiger partial charge in [0.15, 0.2) is 5.82 Å². The molecular formula is C17H20N6. The first-order valence-corrected chi connectivity index (χ1v) is 7.79. The minimum Gasteiger partial charge on any atom is -0.357 e. The summed E-state index contributed by atoms with van der Waals surface area (Å²) in [4.78, 5) is 11.2. The van der Waals surface area contributed by atoms with Gasteiger partial charge in [-0.1, -0.05) is 23.4 Å². The third-order valence-electron chi connectivity index (χ3n) is 3.80. The molecule has 1 aliphatic rings. The van der Waals surface area contributed by atoms with Crippen molar-refractivity contribution >= 4 is 24.1 Å². The molecule has 0 atom stereocenters. The molecular weight excluding hydrogens is 288 g/mol. The first kappa shape index (κ1) is 15.1. The van der Waals surface area contributed by atoms with E-state index in [1.165, 1.54) is 0 Å². The number of hydrogen-bond donors (Lipinski definition) is 0. The lowest BCUT2D eigenvalue weighted by Crippen LogP contribution is -2.31. The highest BCUT2D eigenvalue weighted by molar-refractivity contribution is 6.05. The Labute approximate surface area is 135 Å². The van der Waals surface area contributed by atoms with Crippen molar-refractivity contribution in [2.45, 2.75) is 20.8 Å². The minimum atomic E-state index is 0.692. The Bertz CT molecular complexity index is 766. The van der Waals surface area contributed by atoms with Crippen LogP contribution in [0.2, 0.25) is 0 Å². The highest BCUT2D eigenvalue weighted by Crippen LogP contribution is 2.24. The number of fused-ring (bicyclic) bond motifs is 1. The van der Waals surface area contributed by atoms with E-state index in [1.807, 2.05) is 43.3 Å². The summed E-state index contributed by atoms with van der Waals surface area (Å²) in [6.07, 6.45) is 3.58. The van der Waals surface area contributed by atoms with E-state index in [-0.39, 0.29) is 0 Å². The molecule has 1 aromatic heterocycles. The number of aromatic nitrogens is 3. The lowest BCUT2D eigenvalue weighted by Gasteiger charge is -2.23. The maximum Gasteiger partial charge on any atom is 0.185 e. The van der Waals surface area contributed by atoms with Crippen LogP contribution in [0.3, 0.4) is 0 Å². The van der Waals surface area contributed by atoms with Crippen molar-refractivity contribution in [2.24, 2.45) is 9.98 Å². The van der Waals surface area contributed by atoms with Gasteiger partial charge < -0.3 is 4.90 Å². The number of amidine groups is 1. The average Bonchev–Trinajstić information content (AvgIpc) is 2.95. The molecule has 0 amide bonds. The van der Waals surface area contributed by atoms with Crippen molar-refractivity contribution < 1.29 is 0 Å². The summed E-state index contributed by atoms with van der Waals surface area (Å²) in [5.74, 6) is 1.62. The Hall–Kier alpha value is -2.76. The van der Waals surface area contributed by atoms with Crippen LogP contribution in [0.5, 0.6) is 0 Å². The molecule has 0 fully saturated rings. The van der Waals surface area contributed by atoms with Gasteiger partial charge in [-0.05, 0) is 44.6 Å². The Morgan fingerprint density at radius 1 is 1.09 bits per heavy atom. The second-order valence-corrected chi connectivity index (χ2v) is 5.24. The summed E-state index contributed by atoms with van der Waals surface area (Å²) in [5, 5.41) is 8.52. The molecule has 0 unspecified atom stereocenters. The smallest absolute Gasteiger partial charge is 0.185 e. The van der Waals surface area contributed by atoms with E-state index in [0.29, 0.717) is 5.82 Å². The van der Waals surface area contributed by atoms with Crippen molar-refractivity contribution in [1.29, 1.82) is 0 Å². The summed E-state index contributed by atoms with van der Waals surface area (Å²) in [5.41, 5.74) is 2.74. The van der Waals surface area contributed by atoms with E-state index in [1.54, 1.807) is 11.0 Å². The average molecular weight is 308 g/mol. The van der Waals surface area contributed by atoms with Crippen molar-refractivity contribution in [3.63, 3.8) is 0 Å². The summed E-state index contributed by atoms with van der Waals surface area (Å²) in [7, 11) is 0. The van der Waals surface area contributed by atoms with Crippen LogP contribution >= 0.6 is 0 Å². The van der Waals surface area contributed by atoms with Crippen molar-refractivity contribution in [3.05, 3.63) is 41.6 Å². The van der Waals surface area contributed by atoms with Crippen molar-refractivity contribution in [3.8, 4) is 5.69 Å². The van der Waals surface area contributed by atoms with Gasteiger partial charge in [-0.2, -0.15) is 4.68 Å². The van der Waals surface area contributed by atoms with Gasteiger partial charge >= 0.3 is 0 Å². The largest absolute Gasteiger partial charge is 0.357 e. The molecule has 1 aromatic carbocycles. The first-order valence-electron chi connectivity index (χ1n) is 7.79. The fourth-order valence-electron chi connectivity index (χ4n) is 2.61. The Balaban J connectivity index is 2.05. The van der Waals surface area contributed by atoms with Crippen LogP contribution in [0.25, 0.3) is 11.8 Å². The zero-order chi connectivity index (χ0) is 16.2. The van der Waals surface area contributed by atoms with E-state index in [4.69, 9.17) is 0 Å². The van der Waals surface area contributed by atoms with Gasteiger partial charge in [-0.15, -0.1) is 5.10 Å². The van der Waals surface area contributed by atoms with E-state index >= 15 is 0 Å². The number of aliphatic imine (C=N–C) groups is 2. The van der Waals surface area contributed by atoms with E-state index in [2.05, 4.69) is 39.0 Å². The molecule has 1 aliphatic heterocycles. The standard InChI is InChI=1S/C17H20N6/c1-4-22(5-2)16-13(3)11-15-17(19-12-18-16)23(21-20-15)14-9-7-6-8-10-14/h6-12H,4-5H2,1-3H3/b13-11-,15-11?,16-13?,18-12?,18-16+,19-12-,19-17?. The topological polar surface area (TPSA) is 58.7 Å². The van der Waals surface area contributed by atoms with E-state index in [9.17, 15) is 0 Å². The molecule has 0 radical (unpaired) electrons. The fourth-order valence-corrected chi connectivity index (χ4v) is 2.61. The first-order chi connectivity index (χ1) is 11.2. The van der Waals surface area contributed by atoms with Crippen LogP contribution in [0.15, 0.2) is 45.9 Å². The second kappa shape index (κ2) is 6.56. The van der Waals surface area contributed by atoms with E-state index in [0.717, 1.165) is 35.9 Å². The number of nitrogens with zero attached hydrogens (tertiary/aromatic N) is 6. The van der Waals surface area contributed by atoms with Gasteiger partial charge in [0.25, 0.3) is 0 Å². The molecule has 6 heteroatoms. The minimum absolute atomic E-state index is 0.692. The Morgan fingerprint density at radius 3 is 2.52 bits per heavy atom. The molecule has 2 heterocycles. The van der Waals surface area contributed by atoms with Gasteiger partial charge in [0.05, 0.1) is 5.69 Å². The predicted molar refractivity (Wildman–Crippen MR) is 93.5 cm³/mol. The van der Waals surface area contributed by atoms with Gasteiger partial charge in [0.2, 0.25) is 0 Å². The summed E-state index contributed by atoms with van der Waals surface area (Å²) in [6.45, 7) is 8.08. The number of para-hydroxylation sites is 1. The lowest BCUT2D eigenvalue weighted by atomic mass is 10.2. The van der Waals surface area contributed by atoms with Gasteiger partial charge in [0, 0.05) is 13.1 Å². The van der Waals surface area contributed by atoms with Gasteiger partial charge in [-0.25, -0.2) is 9.98 Å². The van der Waals surface area contributed by atoms with Crippen molar-refractivity contribution in [2.75, 3.05) is 13.1 Å². The quantitative estimate of drug-likeness (QED) is 0.875. The molecule has 0 bridgehead atoms. The maximum atomic E-state index is 4.53. The molecule has 0 saturated heterocycles. The monoisotopic (exact) mass is 308 g/mol. The number of likely N-dealkylation sites (N-methyl/N-ethyl adjacent to an activating group) is 1. The highest BCUT2D eigenvalue weighted by Gasteiger charge is 2.16. The fraction of sp³-hybridized carbons (Fsp3) is 0.294. The molecule has 118 valence electrons. The molecule has 3 rings (SSSR count). The Morgan fingerprint density at radius 2 is 1.83 bits per heavy atom. The molecule has 0 saturated carbocycles. The van der Waals surface area contributed by atoms with Crippen LogP contribution in [-0.4, -0.2) is 45.2 Å². The second-order valence-electron chi connectivity index (χ2n) is 5.24. The molecule has 0 aliphatic carbocycles. The number of hydrogen-bond acceptors (Lipinski definition) is 5. The zero-order valence-corrected chi connectivity index (χ0v) is 13.6. The SMILES string of the molecule is CCN(CC)C1=N/C=N\c2c(nnn2-c2ccccc2)/C=C\1C. The lowest BCUT2D eigenvalue weighted by molar-refractivity contribution is 0.466. The number of benzene rings is 1. The van der Waals surface area contributed by atoms with Gasteiger partial charge in [0.1, 0.15) is 17.9 Å². The van der Waals surface area contributed by atoms with Crippen LogP contribution < -0.4 is 0 Å². The molecule has 0 spiro atoms.